The van der Waals surface area contributed by atoms with E-state index < -0.39 is 0 Å². The zero-order chi connectivity index (χ0) is 16.9. The molecule has 0 N–H and O–H groups in total. The first kappa shape index (κ1) is 16.8. The average Bonchev–Trinajstić information content (AvgIpc) is 2.91. The standard InChI is InChI=1S/C22H25FO/c1-3-16-10-12-19(21-15-18(24-2)11-13-22(21)23)20(14-16)17-8-6-4-5-7-9-17/h8,10-15H,3-7,9H2,1-2H3. The van der Waals surface area contributed by atoms with Gasteiger partial charge in [-0.25, -0.2) is 4.39 Å². The van der Waals surface area contributed by atoms with Crippen LogP contribution in [0.15, 0.2) is 42.5 Å². The molecule has 0 spiro atoms. The van der Waals surface area contributed by atoms with Crippen molar-refractivity contribution in [2.24, 2.45) is 0 Å². The van der Waals surface area contributed by atoms with E-state index in [0.29, 0.717) is 11.3 Å². The summed E-state index contributed by atoms with van der Waals surface area (Å²) in [5.74, 6) is 0.488. The minimum atomic E-state index is -0.199. The van der Waals surface area contributed by atoms with Crippen LogP contribution in [0, 0.1) is 5.82 Å². The SMILES string of the molecule is CCc1ccc(-c2cc(OC)ccc2F)c(C2=CCCCCC2)c1. The molecule has 0 amide bonds. The van der Waals surface area contributed by atoms with E-state index in [9.17, 15) is 4.39 Å². The Morgan fingerprint density at radius 3 is 2.62 bits per heavy atom. The van der Waals surface area contributed by atoms with Gasteiger partial charge in [-0.15, -0.1) is 0 Å². The lowest BCUT2D eigenvalue weighted by atomic mass is 9.90. The van der Waals surface area contributed by atoms with Gasteiger partial charge in [0.25, 0.3) is 0 Å². The zero-order valence-corrected chi connectivity index (χ0v) is 14.6. The van der Waals surface area contributed by atoms with Crippen molar-refractivity contribution in [3.8, 4) is 16.9 Å². The Morgan fingerprint density at radius 1 is 0.958 bits per heavy atom. The second kappa shape index (κ2) is 7.65. The van der Waals surface area contributed by atoms with Crippen molar-refractivity contribution in [1.82, 2.24) is 0 Å². The number of ether oxygens (including phenoxy) is 1. The Morgan fingerprint density at radius 2 is 1.83 bits per heavy atom. The van der Waals surface area contributed by atoms with E-state index >= 15 is 0 Å². The van der Waals surface area contributed by atoms with Crippen LogP contribution in [0.4, 0.5) is 4.39 Å². The van der Waals surface area contributed by atoms with Crippen LogP contribution in [-0.4, -0.2) is 7.11 Å². The molecule has 0 bridgehead atoms. The summed E-state index contributed by atoms with van der Waals surface area (Å²) in [6.07, 6.45) is 9.26. The number of rotatable bonds is 4. The molecule has 2 heteroatoms. The molecule has 0 radical (unpaired) electrons. The van der Waals surface area contributed by atoms with Gasteiger partial charge in [-0.2, -0.15) is 0 Å². The van der Waals surface area contributed by atoms with Crippen molar-refractivity contribution in [3.05, 3.63) is 59.4 Å². The number of hydrogen-bond acceptors (Lipinski definition) is 1. The molecule has 0 aromatic heterocycles. The number of halogens is 1. The number of benzene rings is 2. The molecule has 3 rings (SSSR count). The van der Waals surface area contributed by atoms with Crippen LogP contribution >= 0.6 is 0 Å². The first-order chi connectivity index (χ1) is 11.7. The smallest absolute Gasteiger partial charge is 0.131 e. The van der Waals surface area contributed by atoms with E-state index in [2.05, 4.69) is 31.2 Å². The summed E-state index contributed by atoms with van der Waals surface area (Å²) in [4.78, 5) is 0. The van der Waals surface area contributed by atoms with Gasteiger partial charge in [-0.05, 0) is 72.6 Å². The van der Waals surface area contributed by atoms with Crippen LogP contribution in [0.3, 0.4) is 0 Å². The Labute approximate surface area is 144 Å². The largest absolute Gasteiger partial charge is 0.497 e. The normalized spacial score (nSPS) is 14.9. The summed E-state index contributed by atoms with van der Waals surface area (Å²) in [5.41, 5.74) is 5.43. The van der Waals surface area contributed by atoms with Gasteiger partial charge < -0.3 is 4.74 Å². The maximum absolute atomic E-state index is 14.5. The highest BCUT2D eigenvalue weighted by Gasteiger charge is 2.15. The fourth-order valence-electron chi connectivity index (χ4n) is 3.41. The van der Waals surface area contributed by atoms with Crippen LogP contribution in [0.2, 0.25) is 0 Å². The second-order valence-electron chi connectivity index (χ2n) is 6.41. The minimum absolute atomic E-state index is 0.199. The van der Waals surface area contributed by atoms with Crippen molar-refractivity contribution in [3.63, 3.8) is 0 Å². The molecular weight excluding hydrogens is 299 g/mol. The van der Waals surface area contributed by atoms with Gasteiger partial charge in [0.05, 0.1) is 7.11 Å². The fourth-order valence-corrected chi connectivity index (χ4v) is 3.41. The minimum Gasteiger partial charge on any atom is -0.497 e. The Balaban J connectivity index is 2.15. The molecule has 0 aliphatic heterocycles. The first-order valence-corrected chi connectivity index (χ1v) is 8.89. The number of hydrogen-bond donors (Lipinski definition) is 0. The summed E-state index contributed by atoms with van der Waals surface area (Å²) < 4.78 is 19.8. The van der Waals surface area contributed by atoms with Gasteiger partial charge in [0.15, 0.2) is 0 Å². The van der Waals surface area contributed by atoms with Crippen molar-refractivity contribution in [2.75, 3.05) is 7.11 Å². The third kappa shape index (κ3) is 3.53. The Bertz CT molecular complexity index is 746. The van der Waals surface area contributed by atoms with Crippen LogP contribution < -0.4 is 4.74 Å². The van der Waals surface area contributed by atoms with E-state index in [0.717, 1.165) is 24.8 Å². The third-order valence-corrected chi connectivity index (χ3v) is 4.84. The maximum atomic E-state index is 14.5. The summed E-state index contributed by atoms with van der Waals surface area (Å²) in [6, 6.07) is 11.4. The van der Waals surface area contributed by atoms with Gasteiger partial charge in [-0.1, -0.05) is 37.6 Å². The first-order valence-electron chi connectivity index (χ1n) is 8.89. The molecule has 0 heterocycles. The third-order valence-electron chi connectivity index (χ3n) is 4.84. The molecular formula is C22H25FO. The Kier molecular flexibility index (Phi) is 5.34. The predicted molar refractivity (Wildman–Crippen MR) is 98.8 cm³/mol. The topological polar surface area (TPSA) is 9.23 Å². The van der Waals surface area contributed by atoms with Gasteiger partial charge >= 0.3 is 0 Å². The van der Waals surface area contributed by atoms with Gasteiger partial charge in [0.1, 0.15) is 11.6 Å². The molecule has 1 aliphatic rings. The monoisotopic (exact) mass is 324 g/mol. The van der Waals surface area contributed by atoms with E-state index in [4.69, 9.17) is 4.74 Å². The van der Waals surface area contributed by atoms with Crippen molar-refractivity contribution >= 4 is 5.57 Å². The van der Waals surface area contributed by atoms with E-state index in [1.54, 1.807) is 19.2 Å². The molecule has 1 nitrogen and oxygen atoms in total. The van der Waals surface area contributed by atoms with Crippen LogP contribution in [-0.2, 0) is 6.42 Å². The molecule has 2 aromatic carbocycles. The molecule has 0 fully saturated rings. The van der Waals surface area contributed by atoms with E-state index in [-0.39, 0.29) is 5.82 Å². The fraction of sp³-hybridized carbons (Fsp3) is 0.364. The van der Waals surface area contributed by atoms with Gasteiger partial charge in [-0.3, -0.25) is 0 Å². The van der Waals surface area contributed by atoms with Crippen LogP contribution in [0.25, 0.3) is 16.7 Å². The van der Waals surface area contributed by atoms with E-state index in [1.807, 2.05) is 0 Å². The number of methoxy groups -OCH3 is 1. The van der Waals surface area contributed by atoms with Crippen molar-refractivity contribution in [1.29, 1.82) is 0 Å². The lowest BCUT2D eigenvalue weighted by molar-refractivity contribution is 0.414. The molecule has 2 aromatic rings. The van der Waals surface area contributed by atoms with Crippen molar-refractivity contribution < 1.29 is 9.13 Å². The molecule has 126 valence electrons. The summed E-state index contributed by atoms with van der Waals surface area (Å²) in [6.45, 7) is 2.16. The highest BCUT2D eigenvalue weighted by Crippen LogP contribution is 2.37. The molecule has 0 atom stereocenters. The predicted octanol–water partition coefficient (Wildman–Crippen LogP) is 6.41. The maximum Gasteiger partial charge on any atom is 0.131 e. The van der Waals surface area contributed by atoms with Crippen molar-refractivity contribution in [2.45, 2.75) is 45.4 Å². The summed E-state index contributed by atoms with van der Waals surface area (Å²) in [7, 11) is 1.62. The molecule has 0 unspecified atom stereocenters. The van der Waals surface area contributed by atoms with Gasteiger partial charge in [0, 0.05) is 5.56 Å². The number of aryl methyl sites for hydroxylation is 1. The Hall–Kier alpha value is -2.09. The van der Waals surface area contributed by atoms with Crippen LogP contribution in [0.1, 0.15) is 50.2 Å². The highest BCUT2D eigenvalue weighted by atomic mass is 19.1. The number of allylic oxidation sites excluding steroid dienone is 2. The molecule has 0 saturated heterocycles. The quantitative estimate of drug-likeness (QED) is 0.631. The second-order valence-corrected chi connectivity index (χ2v) is 6.41. The lowest BCUT2D eigenvalue weighted by Crippen LogP contribution is -1.96. The molecule has 0 saturated carbocycles. The molecule has 24 heavy (non-hydrogen) atoms. The lowest BCUT2D eigenvalue weighted by Gasteiger charge is -2.16. The van der Waals surface area contributed by atoms with E-state index in [1.165, 1.54) is 42.0 Å². The van der Waals surface area contributed by atoms with Gasteiger partial charge in [0.2, 0.25) is 0 Å². The zero-order valence-electron chi connectivity index (χ0n) is 14.6. The average molecular weight is 324 g/mol. The summed E-state index contributed by atoms with van der Waals surface area (Å²) in [5, 5.41) is 0. The highest BCUT2D eigenvalue weighted by molar-refractivity contribution is 5.82. The summed E-state index contributed by atoms with van der Waals surface area (Å²) >= 11 is 0. The molecule has 1 aliphatic carbocycles. The van der Waals surface area contributed by atoms with Crippen LogP contribution in [0.5, 0.6) is 5.75 Å².